The van der Waals surface area contributed by atoms with Crippen LogP contribution in [-0.2, 0) is 0 Å². The number of benzene rings is 2. The number of nitrogens with zero attached hydrogens (tertiary/aromatic N) is 2. The van der Waals surface area contributed by atoms with Gasteiger partial charge in [-0.3, -0.25) is 4.98 Å². The summed E-state index contributed by atoms with van der Waals surface area (Å²) in [5.41, 5.74) is 2.86. The summed E-state index contributed by atoms with van der Waals surface area (Å²) in [6.45, 7) is 7.69. The van der Waals surface area contributed by atoms with Crippen molar-refractivity contribution in [3.05, 3.63) is 96.4 Å². The molecule has 4 aromatic rings. The molecule has 0 aliphatic heterocycles. The standard InChI is InChI=1S/2C10H9NO.C8H11O.2Al/c2*1-7-5-6-8-3-2-4-9(12)10(8)11-7;1-8(2)6-4-3-5-7(8)9;;/h2*2-6,12H,1H3;3-7H,1-2H3;;/q;;-1;2*+3/p-1. The molecule has 35 heavy (non-hydrogen) atoms. The SMILES string of the molecule is CC1(C)C=CC=CC1[O-].Cc1ccc2cccc(O)c2n1.Cc1ccc2cccc([O-])c2n1.[Al+3].[Al+3]. The first-order chi connectivity index (χ1) is 15.7. The second-order valence-electron chi connectivity index (χ2n) is 8.57. The van der Waals surface area contributed by atoms with Crippen molar-refractivity contribution in [3.63, 3.8) is 0 Å². The fraction of sp³-hybridized carbons (Fsp3) is 0.214. The number of aryl methyl sites for hydroxylation is 2. The van der Waals surface area contributed by atoms with Gasteiger partial charge in [-0.25, -0.2) is 4.98 Å². The zero-order chi connectivity index (χ0) is 24.0. The molecule has 2 heterocycles. The first-order valence-corrected chi connectivity index (χ1v) is 10.8. The van der Waals surface area contributed by atoms with Gasteiger partial charge in [0.2, 0.25) is 0 Å². The maximum absolute atomic E-state index is 11.3. The van der Waals surface area contributed by atoms with E-state index in [-0.39, 0.29) is 51.6 Å². The van der Waals surface area contributed by atoms with E-state index in [1.807, 2.05) is 88.4 Å². The summed E-state index contributed by atoms with van der Waals surface area (Å²) >= 11 is 0. The molecule has 0 saturated carbocycles. The number of rotatable bonds is 0. The average molecular weight is 495 g/mol. The van der Waals surface area contributed by atoms with E-state index in [0.717, 1.165) is 22.2 Å². The molecule has 2 aromatic carbocycles. The summed E-state index contributed by atoms with van der Waals surface area (Å²) in [4.78, 5) is 8.39. The molecule has 1 aliphatic carbocycles. The Morgan fingerprint density at radius 3 is 1.86 bits per heavy atom. The van der Waals surface area contributed by atoms with Crippen LogP contribution in [0.1, 0.15) is 25.2 Å². The number of pyridine rings is 2. The monoisotopic (exact) mass is 494 g/mol. The molecule has 170 valence electrons. The van der Waals surface area contributed by atoms with Crippen LogP contribution in [0.3, 0.4) is 0 Å². The van der Waals surface area contributed by atoms with Gasteiger partial charge in [-0.1, -0.05) is 92.5 Å². The zero-order valence-corrected chi connectivity index (χ0v) is 22.8. The minimum atomic E-state index is -0.567. The van der Waals surface area contributed by atoms with Crippen LogP contribution >= 0.6 is 0 Å². The van der Waals surface area contributed by atoms with Gasteiger partial charge in [0, 0.05) is 16.8 Å². The maximum Gasteiger partial charge on any atom is 3.00 e. The topological polar surface area (TPSA) is 92.1 Å². The molecule has 0 spiro atoms. The predicted molar refractivity (Wildman–Crippen MR) is 141 cm³/mol. The minimum Gasteiger partial charge on any atom is -0.871 e. The number of hydrogen-bond acceptors (Lipinski definition) is 5. The molecule has 2 aromatic heterocycles. The van der Waals surface area contributed by atoms with Crippen molar-refractivity contribution in [1.82, 2.24) is 9.97 Å². The Kier molecular flexibility index (Phi) is 11.7. The largest absolute Gasteiger partial charge is 3.00 e. The minimum absolute atomic E-state index is 0. The third-order valence-electron chi connectivity index (χ3n) is 5.32. The zero-order valence-electron chi connectivity index (χ0n) is 20.5. The summed E-state index contributed by atoms with van der Waals surface area (Å²) in [5.74, 6) is 0.243. The quantitative estimate of drug-likeness (QED) is 0.374. The number of allylic oxidation sites excluding steroid dienone is 2. The van der Waals surface area contributed by atoms with Gasteiger partial charge in [0.25, 0.3) is 0 Å². The van der Waals surface area contributed by atoms with E-state index < -0.39 is 6.10 Å². The van der Waals surface area contributed by atoms with Crippen molar-refractivity contribution >= 4 is 56.5 Å². The Hall–Kier alpha value is -2.64. The third-order valence-corrected chi connectivity index (χ3v) is 5.32. The fourth-order valence-corrected chi connectivity index (χ4v) is 3.26. The van der Waals surface area contributed by atoms with Gasteiger partial charge in [-0.15, -0.1) is 0 Å². The van der Waals surface area contributed by atoms with Crippen LogP contribution in [-0.4, -0.2) is 55.9 Å². The van der Waals surface area contributed by atoms with Crippen LogP contribution < -0.4 is 10.2 Å². The number of hydrogen-bond donors (Lipinski definition) is 1. The van der Waals surface area contributed by atoms with Crippen LogP contribution in [0.2, 0.25) is 0 Å². The van der Waals surface area contributed by atoms with E-state index in [4.69, 9.17) is 0 Å². The summed E-state index contributed by atoms with van der Waals surface area (Å²) in [6.07, 6.45) is 6.81. The number of aromatic nitrogens is 2. The van der Waals surface area contributed by atoms with Crippen molar-refractivity contribution in [3.8, 4) is 11.5 Å². The molecule has 0 bridgehead atoms. The number of phenolic OH excluding ortho intramolecular Hbond substituents is 1. The van der Waals surface area contributed by atoms with Gasteiger partial charge in [0.05, 0.1) is 5.52 Å². The van der Waals surface area contributed by atoms with Gasteiger partial charge >= 0.3 is 34.7 Å². The van der Waals surface area contributed by atoms with Crippen LogP contribution in [0.15, 0.2) is 85.0 Å². The molecule has 0 radical (unpaired) electrons. The molecule has 1 atom stereocenters. The predicted octanol–water partition coefficient (Wildman–Crippen LogP) is 3.97. The van der Waals surface area contributed by atoms with Gasteiger partial charge in [0.15, 0.2) is 0 Å². The summed E-state index contributed by atoms with van der Waals surface area (Å²) < 4.78 is 0. The van der Waals surface area contributed by atoms with E-state index in [9.17, 15) is 15.3 Å². The van der Waals surface area contributed by atoms with Gasteiger partial charge < -0.3 is 15.3 Å². The van der Waals surface area contributed by atoms with Crippen molar-refractivity contribution in [2.45, 2.75) is 33.8 Å². The second kappa shape index (κ2) is 13.5. The van der Waals surface area contributed by atoms with Crippen LogP contribution in [0.5, 0.6) is 11.5 Å². The molecule has 0 saturated heterocycles. The van der Waals surface area contributed by atoms with E-state index in [2.05, 4.69) is 9.97 Å². The molecule has 1 N–H and O–H groups in total. The number of para-hydroxylation sites is 2. The fourth-order valence-electron chi connectivity index (χ4n) is 3.26. The first kappa shape index (κ1) is 30.4. The molecule has 1 aliphatic rings. The summed E-state index contributed by atoms with van der Waals surface area (Å²) in [5, 5.41) is 33.6. The average Bonchev–Trinajstić information content (AvgIpc) is 2.78. The Bertz CT molecular complexity index is 1240. The van der Waals surface area contributed by atoms with Gasteiger partial charge in [0.1, 0.15) is 11.3 Å². The second-order valence-corrected chi connectivity index (χ2v) is 8.57. The van der Waals surface area contributed by atoms with Crippen LogP contribution in [0.25, 0.3) is 21.8 Å². The number of phenols is 1. The molecular weight excluding hydrogens is 466 g/mol. The first-order valence-electron chi connectivity index (χ1n) is 10.8. The van der Waals surface area contributed by atoms with Crippen LogP contribution in [0.4, 0.5) is 0 Å². The Balaban J connectivity index is 0.000000258. The number of aromatic hydroxyl groups is 1. The Labute approximate surface area is 228 Å². The normalized spacial score (nSPS) is 15.1. The molecule has 1 unspecified atom stereocenters. The number of fused-ring (bicyclic) bond motifs is 2. The molecule has 0 fully saturated rings. The Morgan fingerprint density at radius 1 is 0.771 bits per heavy atom. The molecule has 7 heteroatoms. The van der Waals surface area contributed by atoms with Gasteiger partial charge in [-0.2, -0.15) is 0 Å². The van der Waals surface area contributed by atoms with Gasteiger partial charge in [-0.05, 0) is 42.8 Å². The Morgan fingerprint density at radius 2 is 1.31 bits per heavy atom. The van der Waals surface area contributed by atoms with E-state index in [1.54, 1.807) is 18.2 Å². The molecule has 5 rings (SSSR count). The summed E-state index contributed by atoms with van der Waals surface area (Å²) in [7, 11) is 0. The van der Waals surface area contributed by atoms with E-state index in [0.29, 0.717) is 11.0 Å². The van der Waals surface area contributed by atoms with Crippen molar-refractivity contribution in [2.24, 2.45) is 5.41 Å². The van der Waals surface area contributed by atoms with E-state index >= 15 is 0 Å². The molecule has 0 amide bonds. The van der Waals surface area contributed by atoms with Crippen molar-refractivity contribution < 1.29 is 15.3 Å². The van der Waals surface area contributed by atoms with Crippen LogP contribution in [0, 0.1) is 19.3 Å². The third kappa shape index (κ3) is 8.22. The van der Waals surface area contributed by atoms with Crippen molar-refractivity contribution in [1.29, 1.82) is 0 Å². The maximum atomic E-state index is 11.3. The smallest absolute Gasteiger partial charge is 0.871 e. The van der Waals surface area contributed by atoms with Crippen molar-refractivity contribution in [2.75, 3.05) is 0 Å². The molecular formula is C28H28Al2N2O3+4. The molecule has 5 nitrogen and oxygen atoms in total. The summed E-state index contributed by atoms with van der Waals surface area (Å²) in [6, 6.07) is 18.3. The van der Waals surface area contributed by atoms with E-state index in [1.165, 1.54) is 6.07 Å².